The Kier molecular flexibility index (Phi) is 7.31. The molecule has 0 aliphatic heterocycles. The molecule has 1 unspecified atom stereocenters. The van der Waals surface area contributed by atoms with Crippen LogP contribution in [-0.4, -0.2) is 43.0 Å². The van der Waals surface area contributed by atoms with Crippen LogP contribution in [-0.2, 0) is 6.54 Å². The lowest BCUT2D eigenvalue weighted by Crippen LogP contribution is -2.40. The third-order valence-electron chi connectivity index (χ3n) is 2.89. The highest BCUT2D eigenvalue weighted by atomic mass is 79.9. The van der Waals surface area contributed by atoms with E-state index < -0.39 is 0 Å². The average Bonchev–Trinajstić information content (AvgIpc) is 2.41. The number of hydrogen-bond acceptors (Lipinski definition) is 2. The van der Waals surface area contributed by atoms with Crippen LogP contribution in [0.5, 0.6) is 0 Å². The molecule has 0 saturated heterocycles. The highest BCUT2D eigenvalue weighted by Gasteiger charge is 2.09. The van der Waals surface area contributed by atoms with E-state index in [0.29, 0.717) is 5.25 Å². The minimum absolute atomic E-state index is 0.577. The van der Waals surface area contributed by atoms with E-state index in [-0.39, 0.29) is 0 Å². The Morgan fingerprint density at radius 2 is 2.16 bits per heavy atom. The number of halogens is 1. The fraction of sp³-hybridized carbons (Fsp3) is 0.500. The summed E-state index contributed by atoms with van der Waals surface area (Å²) in [6.07, 6.45) is 2.12. The van der Waals surface area contributed by atoms with E-state index in [1.165, 1.54) is 5.56 Å². The molecule has 1 aromatic rings. The molecule has 3 nitrogen and oxygen atoms in total. The van der Waals surface area contributed by atoms with Gasteiger partial charge in [0.2, 0.25) is 0 Å². The Morgan fingerprint density at radius 3 is 2.74 bits per heavy atom. The third kappa shape index (κ3) is 5.45. The summed E-state index contributed by atoms with van der Waals surface area (Å²) in [6, 6.07) is 8.27. The standard InChI is InChI=1S/C14H22BrN3S/c1-11(19-4)9-17-14(16-2)18(3)10-12-7-5-6-8-13(12)15/h5-8,11H,9-10H2,1-4H3,(H,16,17). The summed E-state index contributed by atoms with van der Waals surface area (Å²) in [5.74, 6) is 0.927. The molecule has 0 amide bonds. The zero-order chi connectivity index (χ0) is 14.3. The number of guanidine groups is 1. The van der Waals surface area contributed by atoms with Crippen LogP contribution in [0.2, 0.25) is 0 Å². The number of nitrogens with one attached hydrogen (secondary N) is 1. The first-order valence-electron chi connectivity index (χ1n) is 6.26. The summed E-state index contributed by atoms with van der Waals surface area (Å²) < 4.78 is 1.13. The number of nitrogens with zero attached hydrogens (tertiary/aromatic N) is 2. The first-order chi connectivity index (χ1) is 9.08. The van der Waals surface area contributed by atoms with Crippen molar-refractivity contribution in [3.05, 3.63) is 34.3 Å². The average molecular weight is 344 g/mol. The monoisotopic (exact) mass is 343 g/mol. The van der Waals surface area contributed by atoms with Crippen LogP contribution in [0.4, 0.5) is 0 Å². The molecular formula is C14H22BrN3S. The molecule has 0 aromatic heterocycles. The number of thioether (sulfide) groups is 1. The summed E-state index contributed by atoms with van der Waals surface area (Å²) in [5, 5.41) is 3.98. The first-order valence-corrected chi connectivity index (χ1v) is 8.34. The largest absolute Gasteiger partial charge is 0.355 e. The maximum absolute atomic E-state index is 4.33. The molecule has 19 heavy (non-hydrogen) atoms. The van der Waals surface area contributed by atoms with Crippen molar-refractivity contribution in [2.45, 2.75) is 18.7 Å². The molecular weight excluding hydrogens is 322 g/mol. The number of aliphatic imine (C=N–C) groups is 1. The van der Waals surface area contributed by atoms with Crippen molar-refractivity contribution < 1.29 is 0 Å². The van der Waals surface area contributed by atoms with Crippen LogP contribution in [0.25, 0.3) is 0 Å². The van der Waals surface area contributed by atoms with Crippen molar-refractivity contribution in [3.63, 3.8) is 0 Å². The van der Waals surface area contributed by atoms with Gasteiger partial charge in [0.25, 0.3) is 0 Å². The van der Waals surface area contributed by atoms with Gasteiger partial charge in [-0.3, -0.25) is 4.99 Å². The zero-order valence-corrected chi connectivity index (χ0v) is 14.4. The van der Waals surface area contributed by atoms with Gasteiger partial charge in [-0.15, -0.1) is 0 Å². The second kappa shape index (κ2) is 8.48. The van der Waals surface area contributed by atoms with Gasteiger partial charge in [0, 0.05) is 36.9 Å². The Balaban J connectivity index is 2.60. The van der Waals surface area contributed by atoms with Gasteiger partial charge in [-0.1, -0.05) is 41.1 Å². The van der Waals surface area contributed by atoms with Gasteiger partial charge in [0.05, 0.1) is 0 Å². The van der Waals surface area contributed by atoms with E-state index in [1.54, 1.807) is 0 Å². The number of benzene rings is 1. The van der Waals surface area contributed by atoms with Crippen LogP contribution >= 0.6 is 27.7 Å². The zero-order valence-electron chi connectivity index (χ0n) is 12.0. The van der Waals surface area contributed by atoms with E-state index in [9.17, 15) is 0 Å². The fourth-order valence-electron chi connectivity index (χ4n) is 1.66. The molecule has 1 N–H and O–H groups in total. The Morgan fingerprint density at radius 1 is 1.47 bits per heavy atom. The highest BCUT2D eigenvalue weighted by molar-refractivity contribution is 9.10. The summed E-state index contributed by atoms with van der Waals surface area (Å²) in [4.78, 5) is 6.46. The van der Waals surface area contributed by atoms with E-state index in [4.69, 9.17) is 0 Å². The first kappa shape index (κ1) is 16.4. The van der Waals surface area contributed by atoms with Crippen molar-refractivity contribution in [3.8, 4) is 0 Å². The Bertz CT molecular complexity index is 423. The van der Waals surface area contributed by atoms with Gasteiger partial charge in [0.15, 0.2) is 5.96 Å². The normalized spacial score (nSPS) is 13.2. The predicted octanol–water partition coefficient (Wildman–Crippen LogP) is 3.21. The summed E-state index contributed by atoms with van der Waals surface area (Å²) in [6.45, 7) is 3.96. The summed E-state index contributed by atoms with van der Waals surface area (Å²) in [7, 11) is 3.88. The minimum Gasteiger partial charge on any atom is -0.355 e. The molecule has 0 radical (unpaired) electrons. The quantitative estimate of drug-likeness (QED) is 0.657. The lowest BCUT2D eigenvalue weighted by atomic mass is 10.2. The second-order valence-corrected chi connectivity index (χ2v) is 6.55. The van der Waals surface area contributed by atoms with Crippen molar-refractivity contribution >= 4 is 33.7 Å². The van der Waals surface area contributed by atoms with Crippen LogP contribution in [0.15, 0.2) is 33.7 Å². The van der Waals surface area contributed by atoms with Crippen molar-refractivity contribution in [2.24, 2.45) is 4.99 Å². The third-order valence-corrected chi connectivity index (χ3v) is 4.63. The predicted molar refractivity (Wildman–Crippen MR) is 89.9 cm³/mol. The molecule has 0 spiro atoms. The van der Waals surface area contributed by atoms with Crippen LogP contribution in [0.3, 0.4) is 0 Å². The summed E-state index contributed by atoms with van der Waals surface area (Å²) >= 11 is 5.43. The molecule has 5 heteroatoms. The van der Waals surface area contributed by atoms with Crippen molar-refractivity contribution in [1.29, 1.82) is 0 Å². The van der Waals surface area contributed by atoms with Gasteiger partial charge in [-0.25, -0.2) is 0 Å². The number of rotatable bonds is 5. The second-order valence-electron chi connectivity index (χ2n) is 4.42. The van der Waals surface area contributed by atoms with E-state index in [2.05, 4.69) is 69.6 Å². The molecule has 1 rings (SSSR count). The van der Waals surface area contributed by atoms with Crippen LogP contribution in [0.1, 0.15) is 12.5 Å². The molecule has 0 saturated carbocycles. The molecule has 0 heterocycles. The maximum atomic E-state index is 4.33. The lowest BCUT2D eigenvalue weighted by molar-refractivity contribution is 0.476. The maximum Gasteiger partial charge on any atom is 0.193 e. The molecule has 0 aliphatic carbocycles. The van der Waals surface area contributed by atoms with Gasteiger partial charge in [0.1, 0.15) is 0 Å². The smallest absolute Gasteiger partial charge is 0.193 e. The molecule has 106 valence electrons. The Labute approximate surface area is 129 Å². The Hall–Kier alpha value is -0.680. The topological polar surface area (TPSA) is 27.6 Å². The van der Waals surface area contributed by atoms with Gasteiger partial charge in [-0.2, -0.15) is 11.8 Å². The molecule has 0 bridgehead atoms. The molecule has 1 atom stereocenters. The number of hydrogen-bond donors (Lipinski definition) is 1. The van der Waals surface area contributed by atoms with Crippen molar-refractivity contribution in [1.82, 2.24) is 10.2 Å². The fourth-order valence-corrected chi connectivity index (χ4v) is 2.32. The van der Waals surface area contributed by atoms with Gasteiger partial charge < -0.3 is 10.2 Å². The van der Waals surface area contributed by atoms with E-state index in [1.807, 2.05) is 24.9 Å². The van der Waals surface area contributed by atoms with Crippen molar-refractivity contribution in [2.75, 3.05) is 26.9 Å². The minimum atomic E-state index is 0.577. The SMILES string of the molecule is CN=C(NCC(C)SC)N(C)Cc1ccccc1Br. The van der Waals surface area contributed by atoms with Gasteiger partial charge >= 0.3 is 0 Å². The van der Waals surface area contributed by atoms with E-state index >= 15 is 0 Å². The van der Waals surface area contributed by atoms with Crippen LogP contribution in [0, 0.1) is 0 Å². The molecule has 1 aromatic carbocycles. The lowest BCUT2D eigenvalue weighted by Gasteiger charge is -2.23. The molecule has 0 fully saturated rings. The summed E-state index contributed by atoms with van der Waals surface area (Å²) in [5.41, 5.74) is 1.26. The van der Waals surface area contributed by atoms with Crippen LogP contribution < -0.4 is 5.32 Å². The van der Waals surface area contributed by atoms with E-state index in [0.717, 1.165) is 23.5 Å². The van der Waals surface area contributed by atoms with Gasteiger partial charge in [-0.05, 0) is 17.9 Å². The highest BCUT2D eigenvalue weighted by Crippen LogP contribution is 2.17. The molecule has 0 aliphatic rings.